The van der Waals surface area contributed by atoms with Gasteiger partial charge in [0, 0.05) is 54.9 Å². The van der Waals surface area contributed by atoms with Crippen LogP contribution in [0.1, 0.15) is 17.1 Å². The van der Waals surface area contributed by atoms with Crippen LogP contribution in [0.4, 0.5) is 5.69 Å². The number of hydrogen-bond acceptors (Lipinski definition) is 6. The Kier molecular flexibility index (Phi) is 5.26. The fraction of sp³-hybridized carbons (Fsp3) is 0.500. The van der Waals surface area contributed by atoms with E-state index in [-0.39, 0.29) is 0 Å². The number of ether oxygens (including phenoxy) is 2. The summed E-state index contributed by atoms with van der Waals surface area (Å²) >= 11 is 1.72. The van der Waals surface area contributed by atoms with Gasteiger partial charge >= 0.3 is 0 Å². The molecule has 3 rings (SSSR count). The number of aryl methyl sites for hydroxylation is 1. The van der Waals surface area contributed by atoms with Gasteiger partial charge in [-0.05, 0) is 20.4 Å². The van der Waals surface area contributed by atoms with Gasteiger partial charge in [0.15, 0.2) is 0 Å². The summed E-state index contributed by atoms with van der Waals surface area (Å²) in [6.07, 6.45) is 1.15. The molecule has 1 atom stereocenters. The highest BCUT2D eigenvalue weighted by Crippen LogP contribution is 2.31. The van der Waals surface area contributed by atoms with E-state index < -0.39 is 0 Å². The summed E-state index contributed by atoms with van der Waals surface area (Å²) in [6, 6.07) is 6.60. The zero-order chi connectivity index (χ0) is 17.1. The van der Waals surface area contributed by atoms with Gasteiger partial charge in [-0.15, -0.1) is 11.3 Å². The third kappa shape index (κ3) is 3.82. The van der Waals surface area contributed by atoms with Gasteiger partial charge in [-0.1, -0.05) is 0 Å². The van der Waals surface area contributed by atoms with Gasteiger partial charge in [-0.3, -0.25) is 4.90 Å². The molecule has 0 bridgehead atoms. The van der Waals surface area contributed by atoms with E-state index in [0.29, 0.717) is 6.04 Å². The minimum absolute atomic E-state index is 0.532. The first kappa shape index (κ1) is 17.0. The molecule has 6 heteroatoms. The van der Waals surface area contributed by atoms with Crippen molar-refractivity contribution in [3.63, 3.8) is 0 Å². The van der Waals surface area contributed by atoms with Gasteiger partial charge in [-0.2, -0.15) is 0 Å². The SMILES string of the molecule is COc1cc(OC)cc(N2CCC(N(C)Cc3csc(C)n3)C2)c1. The van der Waals surface area contributed by atoms with Gasteiger partial charge in [0.05, 0.1) is 24.9 Å². The summed E-state index contributed by atoms with van der Waals surface area (Å²) in [5.74, 6) is 1.67. The molecule has 1 aliphatic rings. The number of benzene rings is 1. The minimum atomic E-state index is 0.532. The average Bonchev–Trinajstić information content (AvgIpc) is 3.23. The third-order valence-electron chi connectivity index (χ3n) is 4.57. The van der Waals surface area contributed by atoms with Crippen LogP contribution in [0.15, 0.2) is 23.6 Å². The van der Waals surface area contributed by atoms with Gasteiger partial charge in [0.1, 0.15) is 11.5 Å². The molecule has 1 fully saturated rings. The lowest BCUT2D eigenvalue weighted by molar-refractivity contribution is 0.248. The number of anilines is 1. The Morgan fingerprint density at radius 2 is 1.96 bits per heavy atom. The monoisotopic (exact) mass is 347 g/mol. The van der Waals surface area contributed by atoms with E-state index in [0.717, 1.165) is 48.2 Å². The maximum Gasteiger partial charge on any atom is 0.124 e. The standard InChI is InChI=1S/C18H25N3O2S/c1-13-19-14(12-24-13)10-20(2)15-5-6-21(11-15)16-7-17(22-3)9-18(8-16)23-4/h7-9,12,15H,5-6,10-11H2,1-4H3. The smallest absolute Gasteiger partial charge is 0.124 e. The van der Waals surface area contributed by atoms with E-state index >= 15 is 0 Å². The lowest BCUT2D eigenvalue weighted by atomic mass is 10.2. The molecule has 1 aromatic heterocycles. The molecule has 2 heterocycles. The Morgan fingerprint density at radius 1 is 1.25 bits per heavy atom. The van der Waals surface area contributed by atoms with E-state index in [2.05, 4.69) is 46.3 Å². The first-order valence-corrected chi connectivity index (χ1v) is 9.06. The summed E-state index contributed by atoms with van der Waals surface area (Å²) in [5.41, 5.74) is 2.33. The molecule has 0 amide bonds. The number of hydrogen-bond donors (Lipinski definition) is 0. The second kappa shape index (κ2) is 7.40. The Balaban J connectivity index is 1.66. The van der Waals surface area contributed by atoms with Crippen molar-refractivity contribution in [3.8, 4) is 11.5 Å². The normalized spacial score (nSPS) is 17.5. The Labute approximate surface area is 147 Å². The first-order chi connectivity index (χ1) is 11.6. The molecule has 0 aliphatic carbocycles. The van der Waals surface area contributed by atoms with E-state index in [1.54, 1.807) is 25.6 Å². The lowest BCUT2D eigenvalue weighted by Gasteiger charge is -2.25. The molecule has 2 aromatic rings. The summed E-state index contributed by atoms with van der Waals surface area (Å²) in [4.78, 5) is 9.38. The maximum atomic E-state index is 5.39. The second-order valence-electron chi connectivity index (χ2n) is 6.23. The summed E-state index contributed by atoms with van der Waals surface area (Å²) in [5, 5.41) is 3.29. The third-order valence-corrected chi connectivity index (χ3v) is 5.39. The number of thiazole rings is 1. The van der Waals surface area contributed by atoms with Crippen LogP contribution in [0.5, 0.6) is 11.5 Å². The van der Waals surface area contributed by atoms with Crippen molar-refractivity contribution >= 4 is 17.0 Å². The first-order valence-electron chi connectivity index (χ1n) is 8.18. The molecule has 1 saturated heterocycles. The highest BCUT2D eigenvalue weighted by Gasteiger charge is 2.26. The molecule has 0 spiro atoms. The predicted molar refractivity (Wildman–Crippen MR) is 98.5 cm³/mol. The van der Waals surface area contributed by atoms with E-state index in [1.165, 1.54) is 5.69 Å². The van der Waals surface area contributed by atoms with Crippen molar-refractivity contribution in [1.82, 2.24) is 9.88 Å². The van der Waals surface area contributed by atoms with Crippen LogP contribution < -0.4 is 14.4 Å². The molecular weight excluding hydrogens is 322 g/mol. The van der Waals surface area contributed by atoms with Crippen LogP contribution in [0, 0.1) is 6.92 Å². The van der Waals surface area contributed by atoms with Crippen LogP contribution in [-0.4, -0.2) is 50.3 Å². The van der Waals surface area contributed by atoms with Gasteiger partial charge in [0.25, 0.3) is 0 Å². The fourth-order valence-electron chi connectivity index (χ4n) is 3.18. The molecule has 24 heavy (non-hydrogen) atoms. The molecule has 0 saturated carbocycles. The highest BCUT2D eigenvalue weighted by atomic mass is 32.1. The van der Waals surface area contributed by atoms with E-state index in [4.69, 9.17) is 9.47 Å². The number of aromatic nitrogens is 1. The zero-order valence-electron chi connectivity index (χ0n) is 14.8. The van der Waals surface area contributed by atoms with E-state index in [9.17, 15) is 0 Å². The quantitative estimate of drug-likeness (QED) is 0.802. The van der Waals surface area contributed by atoms with E-state index in [1.807, 2.05) is 6.07 Å². The van der Waals surface area contributed by atoms with Crippen LogP contribution in [-0.2, 0) is 6.54 Å². The molecule has 1 aliphatic heterocycles. The molecular formula is C18H25N3O2S. The van der Waals surface area contributed by atoms with Crippen molar-refractivity contribution in [2.75, 3.05) is 39.3 Å². The minimum Gasteiger partial charge on any atom is -0.497 e. The van der Waals surface area contributed by atoms with Gasteiger partial charge in [-0.25, -0.2) is 4.98 Å². The van der Waals surface area contributed by atoms with Crippen LogP contribution in [0.3, 0.4) is 0 Å². The van der Waals surface area contributed by atoms with Crippen LogP contribution >= 0.6 is 11.3 Å². The second-order valence-corrected chi connectivity index (χ2v) is 7.29. The molecule has 1 unspecified atom stereocenters. The summed E-state index contributed by atoms with van der Waals surface area (Å²) in [6.45, 7) is 5.02. The Hall–Kier alpha value is -1.79. The summed E-state index contributed by atoms with van der Waals surface area (Å²) < 4.78 is 10.8. The fourth-order valence-corrected chi connectivity index (χ4v) is 3.78. The molecule has 0 N–H and O–H groups in total. The summed E-state index contributed by atoms with van der Waals surface area (Å²) in [7, 11) is 5.57. The number of nitrogens with zero attached hydrogens (tertiary/aromatic N) is 3. The van der Waals surface area contributed by atoms with Gasteiger partial charge < -0.3 is 14.4 Å². The van der Waals surface area contributed by atoms with Crippen molar-refractivity contribution < 1.29 is 9.47 Å². The number of rotatable bonds is 6. The topological polar surface area (TPSA) is 37.8 Å². The Bertz CT molecular complexity index is 666. The number of methoxy groups -OCH3 is 2. The van der Waals surface area contributed by atoms with Crippen LogP contribution in [0.25, 0.3) is 0 Å². The average molecular weight is 347 g/mol. The molecule has 5 nitrogen and oxygen atoms in total. The predicted octanol–water partition coefficient (Wildman–Crippen LogP) is 3.18. The van der Waals surface area contributed by atoms with Crippen molar-refractivity contribution in [1.29, 1.82) is 0 Å². The van der Waals surface area contributed by atoms with Crippen molar-refractivity contribution in [3.05, 3.63) is 34.3 Å². The highest BCUT2D eigenvalue weighted by molar-refractivity contribution is 7.09. The maximum absolute atomic E-state index is 5.39. The number of likely N-dealkylation sites (N-methyl/N-ethyl adjacent to an activating group) is 1. The largest absolute Gasteiger partial charge is 0.497 e. The van der Waals surface area contributed by atoms with Crippen molar-refractivity contribution in [2.24, 2.45) is 0 Å². The zero-order valence-corrected chi connectivity index (χ0v) is 15.6. The van der Waals surface area contributed by atoms with Crippen molar-refractivity contribution in [2.45, 2.75) is 25.9 Å². The molecule has 0 radical (unpaired) electrons. The lowest BCUT2D eigenvalue weighted by Crippen LogP contribution is -2.34. The Morgan fingerprint density at radius 3 is 2.54 bits per heavy atom. The van der Waals surface area contributed by atoms with Crippen LogP contribution in [0.2, 0.25) is 0 Å². The molecule has 1 aromatic carbocycles. The molecule has 130 valence electrons. The van der Waals surface area contributed by atoms with Gasteiger partial charge in [0.2, 0.25) is 0 Å².